The molecular formula is C12H19NO3. The van der Waals surface area contributed by atoms with Crippen LogP contribution in [0.1, 0.15) is 13.8 Å². The molecule has 1 rings (SSSR count). The smallest absolute Gasteiger partial charge is 0.142 e. The van der Waals surface area contributed by atoms with Crippen molar-refractivity contribution in [3.05, 3.63) is 18.2 Å². The van der Waals surface area contributed by atoms with Gasteiger partial charge in [0.2, 0.25) is 0 Å². The molecule has 0 saturated carbocycles. The van der Waals surface area contributed by atoms with Gasteiger partial charge in [-0.25, -0.2) is 0 Å². The summed E-state index contributed by atoms with van der Waals surface area (Å²) in [5, 5.41) is 0. The summed E-state index contributed by atoms with van der Waals surface area (Å²) in [5.74, 6) is 1.39. The van der Waals surface area contributed by atoms with E-state index in [2.05, 4.69) is 0 Å². The maximum absolute atomic E-state index is 5.79. The molecule has 0 amide bonds. The first-order valence-corrected chi connectivity index (χ1v) is 5.31. The lowest BCUT2D eigenvalue weighted by atomic mass is 10.3. The van der Waals surface area contributed by atoms with Crippen LogP contribution in [-0.2, 0) is 4.74 Å². The Morgan fingerprint density at radius 1 is 1.25 bits per heavy atom. The summed E-state index contributed by atoms with van der Waals surface area (Å²) in [6, 6.07) is 5.34. The second kappa shape index (κ2) is 6.23. The monoisotopic (exact) mass is 225 g/mol. The van der Waals surface area contributed by atoms with Crippen molar-refractivity contribution in [2.75, 3.05) is 26.1 Å². The molecule has 0 aromatic heterocycles. The highest BCUT2D eigenvalue weighted by molar-refractivity contribution is 5.56. The van der Waals surface area contributed by atoms with Gasteiger partial charge in [0, 0.05) is 6.07 Å². The molecule has 4 heteroatoms. The molecule has 0 spiro atoms. The largest absolute Gasteiger partial charge is 0.497 e. The maximum Gasteiger partial charge on any atom is 0.142 e. The van der Waals surface area contributed by atoms with E-state index in [9.17, 15) is 0 Å². The third-order valence-corrected chi connectivity index (χ3v) is 2.01. The fourth-order valence-electron chi connectivity index (χ4n) is 1.22. The summed E-state index contributed by atoms with van der Waals surface area (Å²) in [4.78, 5) is 0. The molecule has 0 bridgehead atoms. The van der Waals surface area contributed by atoms with Crippen molar-refractivity contribution in [3.8, 4) is 11.5 Å². The van der Waals surface area contributed by atoms with Crippen LogP contribution in [0.3, 0.4) is 0 Å². The van der Waals surface area contributed by atoms with Crippen molar-refractivity contribution in [1.29, 1.82) is 0 Å². The summed E-state index contributed by atoms with van der Waals surface area (Å²) in [6.45, 7) is 5.03. The van der Waals surface area contributed by atoms with Crippen LogP contribution in [0.15, 0.2) is 18.2 Å². The van der Waals surface area contributed by atoms with Gasteiger partial charge in [-0.1, -0.05) is 0 Å². The van der Waals surface area contributed by atoms with Gasteiger partial charge in [-0.3, -0.25) is 0 Å². The van der Waals surface area contributed by atoms with E-state index < -0.39 is 0 Å². The molecule has 0 saturated heterocycles. The zero-order valence-corrected chi connectivity index (χ0v) is 10.0. The van der Waals surface area contributed by atoms with E-state index in [4.69, 9.17) is 19.9 Å². The predicted octanol–water partition coefficient (Wildman–Crippen LogP) is 2.08. The second-order valence-corrected chi connectivity index (χ2v) is 3.67. The summed E-state index contributed by atoms with van der Waals surface area (Å²) >= 11 is 0. The highest BCUT2D eigenvalue weighted by Crippen LogP contribution is 2.25. The van der Waals surface area contributed by atoms with Gasteiger partial charge >= 0.3 is 0 Å². The van der Waals surface area contributed by atoms with Crippen LogP contribution in [0.5, 0.6) is 11.5 Å². The van der Waals surface area contributed by atoms with Crippen LogP contribution in [-0.4, -0.2) is 26.4 Å². The van der Waals surface area contributed by atoms with E-state index in [1.165, 1.54) is 0 Å². The molecule has 2 N–H and O–H groups in total. The summed E-state index contributed by atoms with van der Waals surface area (Å²) in [5.41, 5.74) is 6.37. The maximum atomic E-state index is 5.79. The van der Waals surface area contributed by atoms with Gasteiger partial charge in [0.15, 0.2) is 0 Å². The Labute approximate surface area is 96.3 Å². The van der Waals surface area contributed by atoms with Gasteiger partial charge in [0.1, 0.15) is 18.1 Å². The minimum atomic E-state index is 0.219. The van der Waals surface area contributed by atoms with Crippen molar-refractivity contribution in [3.63, 3.8) is 0 Å². The van der Waals surface area contributed by atoms with Crippen LogP contribution >= 0.6 is 0 Å². The average Bonchev–Trinajstić information content (AvgIpc) is 2.25. The summed E-state index contributed by atoms with van der Waals surface area (Å²) in [6.07, 6.45) is 0.219. The van der Waals surface area contributed by atoms with Crippen LogP contribution in [0.4, 0.5) is 5.69 Å². The van der Waals surface area contributed by atoms with Gasteiger partial charge in [-0.15, -0.1) is 0 Å². The number of nitrogens with two attached hydrogens (primary N) is 1. The first-order valence-electron chi connectivity index (χ1n) is 5.31. The number of nitrogen functional groups attached to an aromatic ring is 1. The van der Waals surface area contributed by atoms with Gasteiger partial charge in [0.25, 0.3) is 0 Å². The minimum absolute atomic E-state index is 0.219. The highest BCUT2D eigenvalue weighted by atomic mass is 16.5. The lowest BCUT2D eigenvalue weighted by molar-refractivity contribution is 0.0554. The standard InChI is InChI=1S/C12H19NO3/c1-9(2)15-6-7-16-12-5-4-10(14-3)8-11(12)13/h4-5,8-9H,6-7,13H2,1-3H3. The number of anilines is 1. The summed E-state index contributed by atoms with van der Waals surface area (Å²) < 4.78 is 15.9. The molecule has 0 atom stereocenters. The first kappa shape index (κ1) is 12.6. The first-order chi connectivity index (χ1) is 7.63. The van der Waals surface area contributed by atoms with Crippen molar-refractivity contribution >= 4 is 5.69 Å². The molecule has 0 aliphatic heterocycles. The molecule has 0 aliphatic rings. The van der Waals surface area contributed by atoms with Crippen molar-refractivity contribution in [1.82, 2.24) is 0 Å². The van der Waals surface area contributed by atoms with Crippen molar-refractivity contribution in [2.45, 2.75) is 20.0 Å². The van der Waals surface area contributed by atoms with E-state index in [1.807, 2.05) is 19.9 Å². The number of rotatable bonds is 6. The molecule has 1 aromatic rings. The van der Waals surface area contributed by atoms with Crippen molar-refractivity contribution in [2.24, 2.45) is 0 Å². The third-order valence-electron chi connectivity index (χ3n) is 2.01. The van der Waals surface area contributed by atoms with Crippen LogP contribution in [0, 0.1) is 0 Å². The molecule has 16 heavy (non-hydrogen) atoms. The molecule has 0 radical (unpaired) electrons. The van der Waals surface area contributed by atoms with Gasteiger partial charge in [0.05, 0.1) is 25.5 Å². The Hall–Kier alpha value is -1.42. The quantitative estimate of drug-likeness (QED) is 0.595. The molecule has 0 heterocycles. The van der Waals surface area contributed by atoms with Gasteiger partial charge in [-0.05, 0) is 26.0 Å². The van der Waals surface area contributed by atoms with E-state index in [-0.39, 0.29) is 6.10 Å². The van der Waals surface area contributed by atoms with Gasteiger partial charge < -0.3 is 19.9 Å². The zero-order valence-electron chi connectivity index (χ0n) is 10.0. The minimum Gasteiger partial charge on any atom is -0.497 e. The molecule has 0 fully saturated rings. The van der Waals surface area contributed by atoms with E-state index in [0.29, 0.717) is 24.7 Å². The Balaban J connectivity index is 2.42. The molecule has 90 valence electrons. The molecular weight excluding hydrogens is 206 g/mol. The Bertz CT molecular complexity index is 326. The lowest BCUT2D eigenvalue weighted by Gasteiger charge is -2.11. The number of ether oxygens (including phenoxy) is 3. The van der Waals surface area contributed by atoms with Crippen LogP contribution < -0.4 is 15.2 Å². The topological polar surface area (TPSA) is 53.7 Å². The Kier molecular flexibility index (Phi) is 4.92. The van der Waals surface area contributed by atoms with E-state index >= 15 is 0 Å². The lowest BCUT2D eigenvalue weighted by Crippen LogP contribution is -2.11. The zero-order chi connectivity index (χ0) is 12.0. The fourth-order valence-corrected chi connectivity index (χ4v) is 1.22. The normalized spacial score (nSPS) is 10.5. The predicted molar refractivity (Wildman–Crippen MR) is 64.0 cm³/mol. The number of methoxy groups -OCH3 is 1. The van der Waals surface area contributed by atoms with Gasteiger partial charge in [-0.2, -0.15) is 0 Å². The molecule has 0 aliphatic carbocycles. The Morgan fingerprint density at radius 2 is 2.00 bits per heavy atom. The second-order valence-electron chi connectivity index (χ2n) is 3.67. The molecule has 0 unspecified atom stereocenters. The van der Waals surface area contributed by atoms with Crippen LogP contribution in [0.25, 0.3) is 0 Å². The van der Waals surface area contributed by atoms with Crippen molar-refractivity contribution < 1.29 is 14.2 Å². The summed E-state index contributed by atoms with van der Waals surface area (Å²) in [7, 11) is 1.60. The molecule has 4 nitrogen and oxygen atoms in total. The highest BCUT2D eigenvalue weighted by Gasteiger charge is 2.02. The van der Waals surface area contributed by atoms with Crippen LogP contribution in [0.2, 0.25) is 0 Å². The fraction of sp³-hybridized carbons (Fsp3) is 0.500. The third kappa shape index (κ3) is 3.98. The SMILES string of the molecule is COc1ccc(OCCOC(C)C)c(N)c1. The number of hydrogen-bond acceptors (Lipinski definition) is 4. The van der Waals surface area contributed by atoms with E-state index in [0.717, 1.165) is 5.75 Å². The Morgan fingerprint density at radius 3 is 2.56 bits per heavy atom. The number of benzene rings is 1. The number of hydrogen-bond donors (Lipinski definition) is 1. The average molecular weight is 225 g/mol. The molecule has 1 aromatic carbocycles. The van der Waals surface area contributed by atoms with E-state index in [1.54, 1.807) is 19.2 Å².